The van der Waals surface area contributed by atoms with E-state index in [9.17, 15) is 0 Å². The number of fused-ring (bicyclic) bond motifs is 1. The van der Waals surface area contributed by atoms with Crippen LogP contribution in [-0.4, -0.2) is 65.4 Å². The Morgan fingerprint density at radius 2 is 1.53 bits per heavy atom. The first-order chi connectivity index (χ1) is 16.7. The minimum absolute atomic E-state index is 0.810. The zero-order valence-electron chi connectivity index (χ0n) is 20.2. The van der Waals surface area contributed by atoms with Crippen LogP contribution in [0.3, 0.4) is 0 Å². The number of aromatic nitrogens is 3. The Kier molecular flexibility index (Phi) is 6.88. The van der Waals surface area contributed by atoms with Crippen molar-refractivity contribution in [3.8, 4) is 22.4 Å². The van der Waals surface area contributed by atoms with E-state index in [1.54, 1.807) is 0 Å². The van der Waals surface area contributed by atoms with Crippen molar-refractivity contribution in [2.45, 2.75) is 20.3 Å². The lowest BCUT2D eigenvalue weighted by molar-refractivity contribution is 0.102. The molecule has 176 valence electrons. The molecule has 0 unspecified atom stereocenters. The number of hydrogen-bond donors (Lipinski definition) is 0. The minimum atomic E-state index is 0.810. The molecule has 6 nitrogen and oxygen atoms in total. The summed E-state index contributed by atoms with van der Waals surface area (Å²) in [5.41, 5.74) is 6.26. The first-order valence-electron chi connectivity index (χ1n) is 12.3. The van der Waals surface area contributed by atoms with Crippen LogP contribution in [0.25, 0.3) is 28.0 Å². The molecule has 34 heavy (non-hydrogen) atoms. The predicted octanol–water partition coefficient (Wildman–Crippen LogP) is 4.92. The van der Waals surface area contributed by atoms with E-state index in [0.29, 0.717) is 0 Å². The maximum absolute atomic E-state index is 5.70. The van der Waals surface area contributed by atoms with Crippen LogP contribution in [0.1, 0.15) is 19.0 Å². The summed E-state index contributed by atoms with van der Waals surface area (Å²) >= 11 is 0. The number of hydrogen-bond acceptors (Lipinski definition) is 5. The van der Waals surface area contributed by atoms with E-state index in [-0.39, 0.29) is 0 Å². The van der Waals surface area contributed by atoms with Gasteiger partial charge in [-0.05, 0) is 18.9 Å². The summed E-state index contributed by atoms with van der Waals surface area (Å²) in [6.07, 6.45) is 1.07. The topological polar surface area (TPSA) is 45.9 Å². The SMILES string of the molecule is CCCOCCN1CCN(c2cc(-c3ccccc3)nc3c(-c4ccccc4)c(C)nn23)CC1. The number of ether oxygens (including phenoxy) is 1. The molecule has 1 aliphatic rings. The molecule has 0 amide bonds. The van der Waals surface area contributed by atoms with Crippen molar-refractivity contribution in [1.82, 2.24) is 19.5 Å². The van der Waals surface area contributed by atoms with Gasteiger partial charge in [-0.25, -0.2) is 4.98 Å². The second kappa shape index (κ2) is 10.4. The van der Waals surface area contributed by atoms with Crippen molar-refractivity contribution in [3.05, 3.63) is 72.4 Å². The molecule has 0 radical (unpaired) electrons. The normalized spacial score (nSPS) is 14.7. The number of piperazine rings is 1. The zero-order chi connectivity index (χ0) is 23.3. The first kappa shape index (κ1) is 22.6. The minimum Gasteiger partial charge on any atom is -0.380 e. The largest absolute Gasteiger partial charge is 0.380 e. The highest BCUT2D eigenvalue weighted by Crippen LogP contribution is 2.32. The fourth-order valence-electron chi connectivity index (χ4n) is 4.67. The number of rotatable bonds is 8. The molecule has 2 aromatic carbocycles. The summed E-state index contributed by atoms with van der Waals surface area (Å²) in [5.74, 6) is 1.11. The molecule has 2 aromatic heterocycles. The molecule has 0 bridgehead atoms. The van der Waals surface area contributed by atoms with Crippen molar-refractivity contribution in [2.75, 3.05) is 50.8 Å². The van der Waals surface area contributed by atoms with Crippen LogP contribution in [0, 0.1) is 6.92 Å². The highest BCUT2D eigenvalue weighted by molar-refractivity contribution is 5.82. The van der Waals surface area contributed by atoms with Crippen molar-refractivity contribution in [3.63, 3.8) is 0 Å². The molecule has 4 aromatic rings. The zero-order valence-corrected chi connectivity index (χ0v) is 20.2. The first-order valence-corrected chi connectivity index (χ1v) is 12.3. The molecule has 0 spiro atoms. The van der Waals surface area contributed by atoms with Gasteiger partial charge in [0.1, 0.15) is 5.82 Å². The van der Waals surface area contributed by atoms with Crippen LogP contribution in [-0.2, 0) is 4.74 Å². The molecular formula is C28H33N5O. The van der Waals surface area contributed by atoms with Crippen LogP contribution >= 0.6 is 0 Å². The number of anilines is 1. The fraction of sp³-hybridized carbons (Fsp3) is 0.357. The van der Waals surface area contributed by atoms with Crippen LogP contribution in [0.4, 0.5) is 5.82 Å². The summed E-state index contributed by atoms with van der Waals surface area (Å²) in [5, 5.41) is 4.97. The van der Waals surface area contributed by atoms with Gasteiger partial charge in [-0.3, -0.25) is 4.90 Å². The van der Waals surface area contributed by atoms with Gasteiger partial charge in [0.25, 0.3) is 0 Å². The number of aryl methyl sites for hydroxylation is 1. The summed E-state index contributed by atoms with van der Waals surface area (Å²) in [6.45, 7) is 10.8. The molecule has 0 saturated carbocycles. The lowest BCUT2D eigenvalue weighted by Crippen LogP contribution is -2.48. The van der Waals surface area contributed by atoms with Crippen molar-refractivity contribution < 1.29 is 4.74 Å². The molecule has 6 heteroatoms. The molecule has 0 aliphatic carbocycles. The summed E-state index contributed by atoms with van der Waals surface area (Å²) in [6, 6.07) is 23.1. The van der Waals surface area contributed by atoms with Crippen LogP contribution < -0.4 is 4.90 Å². The molecule has 1 saturated heterocycles. The molecule has 1 fully saturated rings. The van der Waals surface area contributed by atoms with E-state index in [1.807, 2.05) is 16.6 Å². The Hall–Kier alpha value is -3.22. The van der Waals surface area contributed by atoms with Crippen molar-refractivity contribution in [1.29, 1.82) is 0 Å². The number of nitrogens with zero attached hydrogens (tertiary/aromatic N) is 5. The Bertz CT molecular complexity index is 1210. The maximum atomic E-state index is 5.70. The van der Waals surface area contributed by atoms with Gasteiger partial charge in [-0.1, -0.05) is 67.6 Å². The standard InChI is InChI=1S/C28H33N5O/c1-3-19-34-20-18-31-14-16-32(17-15-31)26-21-25(23-10-6-4-7-11-23)29-28-27(22(2)30-33(26)28)24-12-8-5-9-13-24/h4-13,21H,3,14-20H2,1-2H3. The lowest BCUT2D eigenvalue weighted by Gasteiger charge is -2.36. The van der Waals surface area contributed by atoms with Crippen LogP contribution in [0.2, 0.25) is 0 Å². The smallest absolute Gasteiger partial charge is 0.166 e. The van der Waals surface area contributed by atoms with E-state index in [1.165, 1.54) is 0 Å². The molecule has 0 atom stereocenters. The maximum Gasteiger partial charge on any atom is 0.166 e. The highest BCUT2D eigenvalue weighted by Gasteiger charge is 2.23. The average molecular weight is 456 g/mol. The predicted molar refractivity (Wildman–Crippen MR) is 138 cm³/mol. The summed E-state index contributed by atoms with van der Waals surface area (Å²) in [7, 11) is 0. The third-order valence-electron chi connectivity index (χ3n) is 6.47. The van der Waals surface area contributed by atoms with Gasteiger partial charge >= 0.3 is 0 Å². The van der Waals surface area contributed by atoms with Gasteiger partial charge in [0.2, 0.25) is 0 Å². The average Bonchev–Trinajstić information content (AvgIpc) is 3.23. The van der Waals surface area contributed by atoms with E-state index in [0.717, 1.165) is 91.9 Å². The third-order valence-corrected chi connectivity index (χ3v) is 6.47. The number of benzene rings is 2. The van der Waals surface area contributed by atoms with Gasteiger partial charge in [-0.15, -0.1) is 0 Å². The van der Waals surface area contributed by atoms with Crippen LogP contribution in [0.5, 0.6) is 0 Å². The molecular weight excluding hydrogens is 422 g/mol. The molecule has 3 heterocycles. The van der Waals surface area contributed by atoms with Gasteiger partial charge in [0.05, 0.1) is 18.0 Å². The summed E-state index contributed by atoms with van der Waals surface area (Å²) in [4.78, 5) is 10.1. The quantitative estimate of drug-likeness (QED) is 0.353. The van der Waals surface area contributed by atoms with Gasteiger partial charge < -0.3 is 9.64 Å². The Morgan fingerprint density at radius 3 is 2.21 bits per heavy atom. The molecule has 5 rings (SSSR count). The Labute approximate surface area is 201 Å². The van der Waals surface area contributed by atoms with Crippen LogP contribution in [0.15, 0.2) is 66.7 Å². The second-order valence-corrected chi connectivity index (χ2v) is 8.87. The monoisotopic (exact) mass is 455 g/mol. The lowest BCUT2D eigenvalue weighted by atomic mass is 10.1. The van der Waals surface area contributed by atoms with E-state index in [2.05, 4.69) is 78.2 Å². The van der Waals surface area contributed by atoms with Crippen molar-refractivity contribution in [2.24, 2.45) is 0 Å². The Balaban J connectivity index is 1.50. The van der Waals surface area contributed by atoms with E-state index >= 15 is 0 Å². The van der Waals surface area contributed by atoms with Gasteiger partial charge in [-0.2, -0.15) is 9.61 Å². The highest BCUT2D eigenvalue weighted by atomic mass is 16.5. The van der Waals surface area contributed by atoms with E-state index in [4.69, 9.17) is 14.8 Å². The molecule has 0 N–H and O–H groups in total. The Morgan fingerprint density at radius 1 is 0.853 bits per heavy atom. The van der Waals surface area contributed by atoms with E-state index < -0.39 is 0 Å². The molecule has 1 aliphatic heterocycles. The van der Waals surface area contributed by atoms with Gasteiger partial charge in [0.15, 0.2) is 5.65 Å². The fourth-order valence-corrected chi connectivity index (χ4v) is 4.67. The third kappa shape index (κ3) is 4.69. The van der Waals surface area contributed by atoms with Crippen molar-refractivity contribution >= 4 is 11.5 Å². The summed E-state index contributed by atoms with van der Waals surface area (Å²) < 4.78 is 7.75. The second-order valence-electron chi connectivity index (χ2n) is 8.87. The van der Waals surface area contributed by atoms with Gasteiger partial charge in [0, 0.05) is 56.5 Å².